The normalized spacial score (nSPS) is 23.5. The first kappa shape index (κ1) is 24.7. The molecule has 5 N–H and O–H groups in total. The molecule has 1 fully saturated rings. The van der Waals surface area contributed by atoms with E-state index in [2.05, 4.69) is 19.6 Å². The summed E-state index contributed by atoms with van der Waals surface area (Å²) in [5.41, 5.74) is -3.17. The number of hydrogen-bond acceptors (Lipinski definition) is 9. The largest absolute Gasteiger partial charge is 0.446 e. The summed E-state index contributed by atoms with van der Waals surface area (Å²) in [5, 5.41) is 33.0. The number of aliphatic hydroxyl groups is 2. The fourth-order valence-electron chi connectivity index (χ4n) is 3.80. The van der Waals surface area contributed by atoms with Gasteiger partial charge in [-0.3, -0.25) is 4.18 Å². The first-order chi connectivity index (χ1) is 15.9. The van der Waals surface area contributed by atoms with E-state index in [1.165, 1.54) is 28.9 Å². The predicted octanol–water partition coefficient (Wildman–Crippen LogP) is 1.75. The number of nitrogens with two attached hydrogens (primary N) is 1. The van der Waals surface area contributed by atoms with Crippen LogP contribution in [0.4, 0.5) is 19.0 Å². The molecule has 4 atom stereocenters. The highest BCUT2D eigenvalue weighted by atomic mass is 32.2. The molecule has 2 aromatic heterocycles. The minimum absolute atomic E-state index is 0.0178. The molecule has 0 aliphatic heterocycles. The number of anilines is 1. The highest BCUT2D eigenvalue weighted by molar-refractivity contribution is 8.00. The van der Waals surface area contributed by atoms with Gasteiger partial charge in [0.1, 0.15) is 11.9 Å². The van der Waals surface area contributed by atoms with Gasteiger partial charge in [0, 0.05) is 28.6 Å². The smallest absolute Gasteiger partial charge is 0.390 e. The molecule has 4 rings (SSSR count). The Kier molecular flexibility index (Phi) is 6.76. The quantitative estimate of drug-likeness (QED) is 0.342. The highest BCUT2D eigenvalue weighted by Gasteiger charge is 2.42. The molecule has 0 saturated heterocycles. The fraction of sp³-hybridized carbons (Fsp3) is 0.368. The summed E-state index contributed by atoms with van der Waals surface area (Å²) in [6.07, 6.45) is -0.827. The van der Waals surface area contributed by atoms with Gasteiger partial charge in [-0.15, -0.1) is 0 Å². The molecule has 2 heterocycles. The Bertz CT molecular complexity index is 1290. The zero-order valence-electron chi connectivity index (χ0n) is 17.3. The molecule has 3 aromatic rings. The third-order valence-corrected chi connectivity index (χ3v) is 6.49. The summed E-state index contributed by atoms with van der Waals surface area (Å²) in [6, 6.07) is 8.36. The van der Waals surface area contributed by atoms with Crippen molar-refractivity contribution in [3.05, 3.63) is 42.6 Å². The van der Waals surface area contributed by atoms with Gasteiger partial charge in [-0.05, 0) is 36.4 Å². The van der Waals surface area contributed by atoms with E-state index in [0.717, 1.165) is 0 Å². The molecule has 10 nitrogen and oxygen atoms in total. The number of aliphatic hydroxyl groups excluding tert-OH is 2. The van der Waals surface area contributed by atoms with Crippen LogP contribution in [0.3, 0.4) is 0 Å². The molecule has 34 heavy (non-hydrogen) atoms. The van der Waals surface area contributed by atoms with E-state index in [1.54, 1.807) is 18.2 Å². The van der Waals surface area contributed by atoms with Crippen LogP contribution in [0.5, 0.6) is 0 Å². The SMILES string of the molecule is NS(=O)(=O)OCC1CC(Nc2ccnc3cc(-c4cccc(SC(F)(F)F)c4)nn23)C(O)C1O. The van der Waals surface area contributed by atoms with Gasteiger partial charge < -0.3 is 15.5 Å². The Labute approximate surface area is 196 Å². The van der Waals surface area contributed by atoms with Gasteiger partial charge in [-0.25, -0.2) is 10.1 Å². The summed E-state index contributed by atoms with van der Waals surface area (Å²) in [7, 11) is -4.19. The number of rotatable bonds is 7. The Balaban J connectivity index is 1.56. The molecule has 0 radical (unpaired) electrons. The summed E-state index contributed by atoms with van der Waals surface area (Å²) >= 11 is -0.223. The molecule has 4 unspecified atom stereocenters. The molecule has 0 spiro atoms. The Hall–Kier alpha value is -2.43. The van der Waals surface area contributed by atoms with E-state index in [1.807, 2.05) is 0 Å². The van der Waals surface area contributed by atoms with E-state index < -0.39 is 40.0 Å². The predicted molar refractivity (Wildman–Crippen MR) is 117 cm³/mol. The molecule has 1 aromatic carbocycles. The molecule has 184 valence electrons. The van der Waals surface area contributed by atoms with Gasteiger partial charge in [0.2, 0.25) is 0 Å². The zero-order valence-corrected chi connectivity index (χ0v) is 18.9. The number of hydrogen-bond donors (Lipinski definition) is 4. The number of thioether (sulfide) groups is 1. The number of nitrogens with one attached hydrogen (secondary N) is 1. The first-order valence-corrected chi connectivity index (χ1v) is 12.2. The average Bonchev–Trinajstić information content (AvgIpc) is 3.28. The lowest BCUT2D eigenvalue weighted by molar-refractivity contribution is -0.0328. The molecule has 15 heteroatoms. The standard InChI is InChI=1S/C19H20F3N5O5S2/c20-19(21,22)33-12-3-1-2-10(6-12)13-8-16-24-5-4-15(27(16)26-13)25-14-7-11(17(28)18(14)29)9-32-34(23,30)31/h1-6,8,11,14,17-18,25,28-29H,7,9H2,(H2,23,30,31). The number of nitrogens with zero attached hydrogens (tertiary/aromatic N) is 3. The summed E-state index contributed by atoms with van der Waals surface area (Å²) in [4.78, 5) is 4.23. The van der Waals surface area contributed by atoms with Crippen LogP contribution in [0, 0.1) is 5.92 Å². The van der Waals surface area contributed by atoms with Crippen molar-refractivity contribution >= 4 is 33.5 Å². The molecule has 1 aliphatic rings. The fourth-order valence-corrected chi connectivity index (χ4v) is 4.77. The molecule has 1 saturated carbocycles. The van der Waals surface area contributed by atoms with E-state index in [9.17, 15) is 31.8 Å². The Morgan fingerprint density at radius 2 is 2.00 bits per heavy atom. The van der Waals surface area contributed by atoms with Crippen LogP contribution in [0.25, 0.3) is 16.9 Å². The van der Waals surface area contributed by atoms with Crippen LogP contribution >= 0.6 is 11.8 Å². The highest BCUT2D eigenvalue weighted by Crippen LogP contribution is 2.38. The van der Waals surface area contributed by atoms with E-state index in [4.69, 9.17) is 5.14 Å². The van der Waals surface area contributed by atoms with Crippen molar-refractivity contribution in [2.45, 2.75) is 35.1 Å². The number of fused-ring (bicyclic) bond motifs is 1. The zero-order chi connectivity index (χ0) is 24.7. The second-order valence-electron chi connectivity index (χ2n) is 7.71. The van der Waals surface area contributed by atoms with Gasteiger partial charge in [0.05, 0.1) is 24.4 Å². The van der Waals surface area contributed by atoms with Crippen LogP contribution in [0.2, 0.25) is 0 Å². The van der Waals surface area contributed by atoms with E-state index in [-0.39, 0.29) is 29.7 Å². The lowest BCUT2D eigenvalue weighted by atomic mass is 10.1. The van der Waals surface area contributed by atoms with Gasteiger partial charge >= 0.3 is 15.8 Å². The minimum atomic E-state index is -4.42. The average molecular weight is 520 g/mol. The minimum Gasteiger partial charge on any atom is -0.390 e. The maximum absolute atomic E-state index is 12.7. The van der Waals surface area contributed by atoms with Crippen molar-refractivity contribution in [3.63, 3.8) is 0 Å². The van der Waals surface area contributed by atoms with Crippen LogP contribution in [0.1, 0.15) is 6.42 Å². The molecular weight excluding hydrogens is 499 g/mol. The monoisotopic (exact) mass is 519 g/mol. The second kappa shape index (κ2) is 9.31. The van der Waals surface area contributed by atoms with Crippen LogP contribution in [-0.2, 0) is 14.5 Å². The van der Waals surface area contributed by atoms with Gasteiger partial charge in [0.15, 0.2) is 5.65 Å². The second-order valence-corrected chi connectivity index (χ2v) is 10.1. The lowest BCUT2D eigenvalue weighted by Crippen LogP contribution is -2.36. The summed E-state index contributed by atoms with van der Waals surface area (Å²) < 4.78 is 66.2. The van der Waals surface area contributed by atoms with Crippen molar-refractivity contribution in [1.82, 2.24) is 14.6 Å². The van der Waals surface area contributed by atoms with Crippen molar-refractivity contribution in [3.8, 4) is 11.3 Å². The third-order valence-electron chi connectivity index (χ3n) is 5.30. The van der Waals surface area contributed by atoms with Crippen LogP contribution < -0.4 is 10.5 Å². The number of benzene rings is 1. The molecule has 0 bridgehead atoms. The molecular formula is C19H20F3N5O5S2. The number of alkyl halides is 3. The van der Waals surface area contributed by atoms with Crippen LogP contribution in [-0.4, -0.2) is 63.6 Å². The van der Waals surface area contributed by atoms with E-state index in [0.29, 0.717) is 22.7 Å². The van der Waals surface area contributed by atoms with Crippen molar-refractivity contribution in [1.29, 1.82) is 0 Å². The van der Waals surface area contributed by atoms with Crippen molar-refractivity contribution < 1.29 is 36.0 Å². The van der Waals surface area contributed by atoms with E-state index >= 15 is 0 Å². The number of halogens is 3. The molecule has 0 amide bonds. The lowest BCUT2D eigenvalue weighted by Gasteiger charge is -2.19. The maximum Gasteiger partial charge on any atom is 0.446 e. The number of aromatic nitrogens is 3. The van der Waals surface area contributed by atoms with Crippen LogP contribution in [0.15, 0.2) is 47.5 Å². The first-order valence-electron chi connectivity index (χ1n) is 9.90. The maximum atomic E-state index is 12.7. The van der Waals surface area contributed by atoms with Crippen molar-refractivity contribution in [2.24, 2.45) is 11.1 Å². The van der Waals surface area contributed by atoms with Gasteiger partial charge in [-0.2, -0.15) is 31.2 Å². The van der Waals surface area contributed by atoms with Gasteiger partial charge in [0.25, 0.3) is 0 Å². The topological polar surface area (TPSA) is 152 Å². The Morgan fingerprint density at radius 1 is 1.24 bits per heavy atom. The molecule has 1 aliphatic carbocycles. The summed E-state index contributed by atoms with van der Waals surface area (Å²) in [6.45, 7) is -0.390. The summed E-state index contributed by atoms with van der Waals surface area (Å²) in [5.74, 6) is -0.286. The third kappa shape index (κ3) is 5.79. The van der Waals surface area contributed by atoms with Gasteiger partial charge in [-0.1, -0.05) is 12.1 Å². The Morgan fingerprint density at radius 3 is 2.71 bits per heavy atom. The van der Waals surface area contributed by atoms with Crippen molar-refractivity contribution in [2.75, 3.05) is 11.9 Å².